The number of nitrogens with one attached hydrogen (secondary N) is 2. The molecule has 0 aromatic heterocycles. The molecule has 2 N–H and O–H groups in total. The largest absolute Gasteiger partial charge is 0.493 e. The Hall–Kier alpha value is -3.06. The monoisotopic (exact) mass is 403 g/mol. The zero-order valence-corrected chi connectivity index (χ0v) is 16.7. The first kappa shape index (κ1) is 21.2. The van der Waals surface area contributed by atoms with Crippen molar-refractivity contribution < 1.29 is 19.1 Å². The topological polar surface area (TPSA) is 89.0 Å². The van der Waals surface area contributed by atoms with E-state index in [1.807, 2.05) is 26.0 Å². The number of amides is 2. The number of nitrogens with zero attached hydrogens (tertiary/aromatic N) is 1. The van der Waals surface area contributed by atoms with Gasteiger partial charge in [-0.05, 0) is 48.7 Å². The molecule has 0 aliphatic rings. The van der Waals surface area contributed by atoms with Gasteiger partial charge in [0.15, 0.2) is 11.5 Å². The summed E-state index contributed by atoms with van der Waals surface area (Å²) in [6.45, 7) is 4.31. The number of hydrogen-bond donors (Lipinski definition) is 2. The number of anilines is 1. The Kier molecular flexibility index (Phi) is 7.83. The lowest BCUT2D eigenvalue weighted by molar-refractivity contribution is -0.136. The lowest BCUT2D eigenvalue weighted by Gasteiger charge is -2.11. The van der Waals surface area contributed by atoms with E-state index in [1.165, 1.54) is 13.3 Å². The van der Waals surface area contributed by atoms with Gasteiger partial charge in [0.2, 0.25) is 0 Å². The summed E-state index contributed by atoms with van der Waals surface area (Å²) in [4.78, 5) is 23.8. The molecule has 0 fully saturated rings. The van der Waals surface area contributed by atoms with E-state index in [9.17, 15) is 9.59 Å². The van der Waals surface area contributed by atoms with Gasteiger partial charge in [0, 0.05) is 5.69 Å². The van der Waals surface area contributed by atoms with E-state index < -0.39 is 11.8 Å². The fraction of sp³-hybridized carbons (Fsp3) is 0.250. The van der Waals surface area contributed by atoms with Gasteiger partial charge in [0.05, 0.1) is 25.0 Å². The number of carbonyl (C=O) groups is 2. The minimum atomic E-state index is -0.889. The summed E-state index contributed by atoms with van der Waals surface area (Å²) in [5, 5.41) is 6.64. The Bertz CT molecular complexity index is 866. The Labute approximate surface area is 168 Å². The number of hydrazone groups is 1. The summed E-state index contributed by atoms with van der Waals surface area (Å²) in [7, 11) is 1.49. The number of benzene rings is 2. The molecule has 0 unspecified atom stereocenters. The van der Waals surface area contributed by atoms with Crippen LogP contribution in [0.4, 0.5) is 5.69 Å². The van der Waals surface area contributed by atoms with Crippen LogP contribution in [0.3, 0.4) is 0 Å². The second-order valence-electron chi connectivity index (χ2n) is 5.67. The van der Waals surface area contributed by atoms with Crippen LogP contribution in [0.2, 0.25) is 5.02 Å². The third-order valence-electron chi connectivity index (χ3n) is 3.75. The van der Waals surface area contributed by atoms with Crippen molar-refractivity contribution in [2.45, 2.75) is 20.3 Å². The highest BCUT2D eigenvalue weighted by Crippen LogP contribution is 2.35. The number of carbonyl (C=O) groups excluding carboxylic acids is 2. The summed E-state index contributed by atoms with van der Waals surface area (Å²) < 4.78 is 10.7. The van der Waals surface area contributed by atoms with E-state index in [0.717, 1.165) is 12.0 Å². The van der Waals surface area contributed by atoms with Gasteiger partial charge in [-0.2, -0.15) is 5.10 Å². The highest BCUT2D eigenvalue weighted by Gasteiger charge is 2.13. The first-order chi connectivity index (χ1) is 13.5. The van der Waals surface area contributed by atoms with Gasteiger partial charge in [0.25, 0.3) is 0 Å². The lowest BCUT2D eigenvalue weighted by atomic mass is 10.1. The van der Waals surface area contributed by atoms with Gasteiger partial charge < -0.3 is 14.8 Å². The van der Waals surface area contributed by atoms with Crippen LogP contribution in [0.1, 0.15) is 25.0 Å². The van der Waals surface area contributed by atoms with Gasteiger partial charge in [-0.15, -0.1) is 0 Å². The van der Waals surface area contributed by atoms with Gasteiger partial charge in [-0.25, -0.2) is 5.43 Å². The number of hydrogen-bond acceptors (Lipinski definition) is 5. The van der Waals surface area contributed by atoms with Crippen molar-refractivity contribution in [3.05, 3.63) is 52.5 Å². The minimum Gasteiger partial charge on any atom is -0.493 e. The normalized spacial score (nSPS) is 10.6. The van der Waals surface area contributed by atoms with Crippen molar-refractivity contribution in [1.82, 2.24) is 5.43 Å². The molecule has 148 valence electrons. The highest BCUT2D eigenvalue weighted by molar-refractivity contribution is 6.39. The number of rotatable bonds is 7. The first-order valence-corrected chi connectivity index (χ1v) is 9.09. The van der Waals surface area contributed by atoms with E-state index >= 15 is 0 Å². The predicted molar refractivity (Wildman–Crippen MR) is 109 cm³/mol. The Balaban J connectivity index is 1.98. The van der Waals surface area contributed by atoms with Gasteiger partial charge >= 0.3 is 11.8 Å². The average molecular weight is 404 g/mol. The van der Waals surface area contributed by atoms with Crippen molar-refractivity contribution in [2.24, 2.45) is 5.10 Å². The molecule has 8 heteroatoms. The Morgan fingerprint density at radius 1 is 1.14 bits per heavy atom. The number of aryl methyl sites for hydroxylation is 1. The summed E-state index contributed by atoms with van der Waals surface area (Å²) in [5.41, 5.74) is 4.41. The average Bonchev–Trinajstić information content (AvgIpc) is 2.70. The van der Waals surface area contributed by atoms with Crippen molar-refractivity contribution in [3.8, 4) is 11.5 Å². The molecular weight excluding hydrogens is 382 g/mol. The van der Waals surface area contributed by atoms with Crippen LogP contribution in [0.5, 0.6) is 11.5 Å². The summed E-state index contributed by atoms with van der Waals surface area (Å²) in [5.74, 6) is -0.833. The second kappa shape index (κ2) is 10.3. The smallest absolute Gasteiger partial charge is 0.329 e. The number of halogens is 1. The summed E-state index contributed by atoms with van der Waals surface area (Å²) in [6.07, 6.45) is 2.25. The third kappa shape index (κ3) is 5.72. The van der Waals surface area contributed by atoms with Gasteiger partial charge in [0.1, 0.15) is 0 Å². The van der Waals surface area contributed by atoms with E-state index in [0.29, 0.717) is 34.4 Å². The summed E-state index contributed by atoms with van der Waals surface area (Å²) >= 11 is 6.18. The van der Waals surface area contributed by atoms with Crippen molar-refractivity contribution in [2.75, 3.05) is 19.0 Å². The van der Waals surface area contributed by atoms with Crippen LogP contribution in [0.15, 0.2) is 41.5 Å². The van der Waals surface area contributed by atoms with Crippen LogP contribution < -0.4 is 20.2 Å². The molecule has 0 saturated heterocycles. The van der Waals surface area contributed by atoms with E-state index in [1.54, 1.807) is 24.3 Å². The molecule has 2 rings (SSSR count). The van der Waals surface area contributed by atoms with Crippen LogP contribution >= 0.6 is 11.6 Å². The quantitative estimate of drug-likeness (QED) is 0.421. The van der Waals surface area contributed by atoms with Crippen LogP contribution in [-0.4, -0.2) is 31.7 Å². The first-order valence-electron chi connectivity index (χ1n) is 8.72. The fourth-order valence-electron chi connectivity index (χ4n) is 2.33. The Morgan fingerprint density at radius 2 is 1.86 bits per heavy atom. The molecule has 7 nitrogen and oxygen atoms in total. The van der Waals surface area contributed by atoms with Crippen LogP contribution in [0.25, 0.3) is 0 Å². The Morgan fingerprint density at radius 3 is 2.46 bits per heavy atom. The van der Waals surface area contributed by atoms with Crippen molar-refractivity contribution in [1.29, 1.82) is 0 Å². The zero-order valence-electron chi connectivity index (χ0n) is 15.9. The molecule has 2 amide bonds. The fourth-order valence-corrected chi connectivity index (χ4v) is 2.60. The second-order valence-corrected chi connectivity index (χ2v) is 6.08. The molecule has 2 aromatic carbocycles. The maximum absolute atomic E-state index is 11.9. The standard InChI is InChI=1S/C20H22ClN3O4/c1-4-13-6-8-15(9-7-13)23-19(25)20(26)24-22-12-14-10-16(21)18(28-5-2)17(11-14)27-3/h6-12H,4-5H2,1-3H3,(H,23,25)(H,24,26)/b22-12-. The molecule has 2 aromatic rings. The maximum atomic E-state index is 11.9. The molecule has 0 saturated carbocycles. The molecule has 0 aliphatic carbocycles. The molecular formula is C20H22ClN3O4. The lowest BCUT2D eigenvalue weighted by Crippen LogP contribution is -2.32. The SMILES string of the molecule is CCOc1c(Cl)cc(/C=N\NC(=O)C(=O)Nc2ccc(CC)cc2)cc1OC. The molecule has 0 bridgehead atoms. The molecule has 0 radical (unpaired) electrons. The third-order valence-corrected chi connectivity index (χ3v) is 4.03. The van der Waals surface area contributed by atoms with Crippen LogP contribution in [0, 0.1) is 0 Å². The van der Waals surface area contributed by atoms with Gasteiger partial charge in [-0.3, -0.25) is 9.59 Å². The number of methoxy groups -OCH3 is 1. The zero-order chi connectivity index (χ0) is 20.5. The van der Waals surface area contributed by atoms with E-state index in [4.69, 9.17) is 21.1 Å². The van der Waals surface area contributed by atoms with E-state index in [2.05, 4.69) is 15.8 Å². The molecule has 0 heterocycles. The van der Waals surface area contributed by atoms with Gasteiger partial charge in [-0.1, -0.05) is 30.7 Å². The summed E-state index contributed by atoms with van der Waals surface area (Å²) in [6, 6.07) is 10.5. The number of ether oxygens (including phenoxy) is 2. The maximum Gasteiger partial charge on any atom is 0.329 e. The molecule has 0 aliphatic heterocycles. The molecule has 0 atom stereocenters. The predicted octanol–water partition coefficient (Wildman–Crippen LogP) is 3.40. The van der Waals surface area contributed by atoms with Crippen molar-refractivity contribution in [3.63, 3.8) is 0 Å². The molecule has 0 spiro atoms. The minimum absolute atomic E-state index is 0.349. The highest BCUT2D eigenvalue weighted by atomic mass is 35.5. The molecule has 28 heavy (non-hydrogen) atoms. The van der Waals surface area contributed by atoms with E-state index in [-0.39, 0.29) is 0 Å². The van der Waals surface area contributed by atoms with Crippen LogP contribution in [-0.2, 0) is 16.0 Å². The van der Waals surface area contributed by atoms with Crippen molar-refractivity contribution >= 4 is 35.3 Å².